The van der Waals surface area contributed by atoms with Crippen LogP contribution in [-0.2, 0) is 13.0 Å². The van der Waals surface area contributed by atoms with Gasteiger partial charge in [0.1, 0.15) is 0 Å². The molecule has 1 amide bonds. The van der Waals surface area contributed by atoms with E-state index in [1.54, 1.807) is 4.90 Å². The Kier molecular flexibility index (Phi) is 4.44. The molecule has 0 saturated carbocycles. The normalized spacial score (nSPS) is 22.9. The molecule has 0 radical (unpaired) electrons. The van der Waals surface area contributed by atoms with Crippen molar-refractivity contribution < 1.29 is 9.90 Å². The number of piperidine rings is 1. The third-order valence-electron chi connectivity index (χ3n) is 4.86. The highest BCUT2D eigenvalue weighted by molar-refractivity contribution is 5.65. The van der Waals surface area contributed by atoms with E-state index in [1.165, 1.54) is 11.1 Å². The number of hydrogen-bond acceptors (Lipinski definition) is 2. The Morgan fingerprint density at radius 2 is 2.00 bits per heavy atom. The van der Waals surface area contributed by atoms with Crippen molar-refractivity contribution in [3.05, 3.63) is 35.4 Å². The van der Waals surface area contributed by atoms with Crippen LogP contribution in [0.4, 0.5) is 4.79 Å². The second kappa shape index (κ2) is 6.48. The van der Waals surface area contributed by atoms with Crippen molar-refractivity contribution in [1.82, 2.24) is 9.80 Å². The Bertz CT molecular complexity index is 503. The summed E-state index contributed by atoms with van der Waals surface area (Å²) < 4.78 is 0. The number of fused-ring (bicyclic) bond motifs is 1. The molecule has 2 aliphatic rings. The summed E-state index contributed by atoms with van der Waals surface area (Å²) >= 11 is 0. The SMILES string of the molecule is O=C(O)N1CCCCC1CCN1CCc2ccccc2C1. The van der Waals surface area contributed by atoms with Gasteiger partial charge in [0.25, 0.3) is 0 Å². The van der Waals surface area contributed by atoms with E-state index < -0.39 is 6.09 Å². The van der Waals surface area contributed by atoms with Crippen molar-refractivity contribution in [2.75, 3.05) is 19.6 Å². The Morgan fingerprint density at radius 1 is 1.19 bits per heavy atom. The van der Waals surface area contributed by atoms with Gasteiger partial charge in [-0.1, -0.05) is 24.3 Å². The average molecular weight is 288 g/mol. The predicted molar refractivity (Wildman–Crippen MR) is 82.4 cm³/mol. The van der Waals surface area contributed by atoms with E-state index in [0.29, 0.717) is 6.54 Å². The zero-order valence-electron chi connectivity index (χ0n) is 12.5. The standard InChI is InChI=1S/C17H24N2O2/c20-17(21)19-10-4-3-7-16(19)9-12-18-11-8-14-5-1-2-6-15(14)13-18/h1-2,5-6,16H,3-4,7-13H2,(H,20,21). The summed E-state index contributed by atoms with van der Waals surface area (Å²) in [5.74, 6) is 0. The second-order valence-electron chi connectivity index (χ2n) is 6.21. The maximum absolute atomic E-state index is 11.3. The van der Waals surface area contributed by atoms with E-state index in [9.17, 15) is 9.90 Å². The van der Waals surface area contributed by atoms with Gasteiger partial charge in [0.05, 0.1) is 0 Å². The summed E-state index contributed by atoms with van der Waals surface area (Å²) in [6.45, 7) is 3.82. The third kappa shape index (κ3) is 3.38. The fourth-order valence-electron chi connectivity index (χ4n) is 3.63. The van der Waals surface area contributed by atoms with Crippen LogP contribution in [-0.4, -0.2) is 46.7 Å². The van der Waals surface area contributed by atoms with Gasteiger partial charge in [0.15, 0.2) is 0 Å². The van der Waals surface area contributed by atoms with E-state index in [-0.39, 0.29) is 6.04 Å². The minimum Gasteiger partial charge on any atom is -0.465 e. The number of rotatable bonds is 3. The Morgan fingerprint density at radius 3 is 2.81 bits per heavy atom. The van der Waals surface area contributed by atoms with Crippen LogP contribution < -0.4 is 0 Å². The fraction of sp³-hybridized carbons (Fsp3) is 0.588. The molecular weight excluding hydrogens is 264 g/mol. The molecule has 4 heteroatoms. The minimum atomic E-state index is -0.747. The molecule has 0 bridgehead atoms. The summed E-state index contributed by atoms with van der Waals surface area (Å²) in [4.78, 5) is 15.4. The molecule has 1 unspecified atom stereocenters. The number of hydrogen-bond donors (Lipinski definition) is 1. The monoisotopic (exact) mass is 288 g/mol. The summed E-state index contributed by atoms with van der Waals surface area (Å²) in [6, 6.07) is 8.87. The fourth-order valence-corrected chi connectivity index (χ4v) is 3.63. The van der Waals surface area contributed by atoms with E-state index in [2.05, 4.69) is 29.2 Å². The molecule has 4 nitrogen and oxygen atoms in total. The van der Waals surface area contributed by atoms with E-state index in [1.807, 2.05) is 0 Å². The molecular formula is C17H24N2O2. The lowest BCUT2D eigenvalue weighted by Gasteiger charge is -2.36. The van der Waals surface area contributed by atoms with Crippen LogP contribution in [0.3, 0.4) is 0 Å². The number of carboxylic acid groups (broad SMARTS) is 1. The minimum absolute atomic E-state index is 0.216. The zero-order valence-corrected chi connectivity index (χ0v) is 12.5. The largest absolute Gasteiger partial charge is 0.465 e. The highest BCUT2D eigenvalue weighted by Gasteiger charge is 2.27. The van der Waals surface area contributed by atoms with Gasteiger partial charge in [-0.15, -0.1) is 0 Å². The summed E-state index contributed by atoms with van der Waals surface area (Å²) in [6.07, 6.45) is 4.54. The maximum Gasteiger partial charge on any atom is 0.407 e. The molecule has 21 heavy (non-hydrogen) atoms. The van der Waals surface area contributed by atoms with Crippen LogP contribution in [0.25, 0.3) is 0 Å². The van der Waals surface area contributed by atoms with Crippen LogP contribution in [0, 0.1) is 0 Å². The lowest BCUT2D eigenvalue weighted by Crippen LogP contribution is -2.45. The molecule has 0 spiro atoms. The van der Waals surface area contributed by atoms with Crippen LogP contribution in [0.15, 0.2) is 24.3 Å². The first kappa shape index (κ1) is 14.4. The molecule has 1 atom stereocenters. The van der Waals surface area contributed by atoms with E-state index in [4.69, 9.17) is 0 Å². The highest BCUT2D eigenvalue weighted by atomic mass is 16.4. The van der Waals surface area contributed by atoms with Gasteiger partial charge in [0.2, 0.25) is 0 Å². The molecule has 1 aromatic carbocycles. The van der Waals surface area contributed by atoms with Crippen LogP contribution in [0.2, 0.25) is 0 Å². The third-order valence-corrected chi connectivity index (χ3v) is 4.86. The van der Waals surface area contributed by atoms with Crippen molar-refractivity contribution >= 4 is 6.09 Å². The second-order valence-corrected chi connectivity index (χ2v) is 6.21. The highest BCUT2D eigenvalue weighted by Crippen LogP contribution is 2.22. The smallest absolute Gasteiger partial charge is 0.407 e. The molecule has 114 valence electrons. The quantitative estimate of drug-likeness (QED) is 0.930. The summed E-state index contributed by atoms with van der Waals surface area (Å²) in [7, 11) is 0. The van der Waals surface area contributed by atoms with Crippen molar-refractivity contribution in [1.29, 1.82) is 0 Å². The van der Waals surface area contributed by atoms with Gasteiger partial charge in [0, 0.05) is 32.2 Å². The topological polar surface area (TPSA) is 43.8 Å². The average Bonchev–Trinajstić information content (AvgIpc) is 2.53. The Labute approximate surface area is 126 Å². The van der Waals surface area contributed by atoms with Gasteiger partial charge in [-0.2, -0.15) is 0 Å². The van der Waals surface area contributed by atoms with Crippen molar-refractivity contribution in [2.24, 2.45) is 0 Å². The number of likely N-dealkylation sites (tertiary alicyclic amines) is 1. The zero-order chi connectivity index (χ0) is 14.7. The number of carbonyl (C=O) groups is 1. The first-order valence-corrected chi connectivity index (χ1v) is 8.03. The first-order valence-electron chi connectivity index (χ1n) is 8.03. The van der Waals surface area contributed by atoms with Crippen LogP contribution in [0.5, 0.6) is 0 Å². The van der Waals surface area contributed by atoms with Gasteiger partial charge in [-0.25, -0.2) is 4.79 Å². The Balaban J connectivity index is 1.55. The molecule has 2 heterocycles. The Hall–Kier alpha value is -1.55. The lowest BCUT2D eigenvalue weighted by atomic mass is 9.97. The molecule has 1 saturated heterocycles. The lowest BCUT2D eigenvalue weighted by molar-refractivity contribution is 0.0964. The van der Waals surface area contributed by atoms with Crippen molar-refractivity contribution in [3.63, 3.8) is 0 Å². The van der Waals surface area contributed by atoms with E-state index >= 15 is 0 Å². The molecule has 0 aliphatic carbocycles. The molecule has 1 aromatic rings. The van der Waals surface area contributed by atoms with E-state index in [0.717, 1.165) is 51.7 Å². The number of amides is 1. The maximum atomic E-state index is 11.3. The van der Waals surface area contributed by atoms with Crippen LogP contribution >= 0.6 is 0 Å². The molecule has 1 N–H and O–H groups in total. The van der Waals surface area contributed by atoms with Gasteiger partial charge in [-0.3, -0.25) is 4.90 Å². The van der Waals surface area contributed by atoms with Gasteiger partial charge < -0.3 is 10.0 Å². The van der Waals surface area contributed by atoms with Gasteiger partial charge >= 0.3 is 6.09 Å². The van der Waals surface area contributed by atoms with Crippen LogP contribution in [0.1, 0.15) is 36.8 Å². The molecule has 2 aliphatic heterocycles. The predicted octanol–water partition coefficient (Wildman–Crippen LogP) is 2.97. The van der Waals surface area contributed by atoms with Crippen molar-refractivity contribution in [3.8, 4) is 0 Å². The van der Waals surface area contributed by atoms with Gasteiger partial charge in [-0.05, 0) is 43.2 Å². The van der Waals surface area contributed by atoms with Crippen molar-refractivity contribution in [2.45, 2.75) is 44.7 Å². The number of benzene rings is 1. The first-order chi connectivity index (χ1) is 10.2. The summed E-state index contributed by atoms with van der Waals surface area (Å²) in [5, 5.41) is 9.29. The number of nitrogens with zero attached hydrogens (tertiary/aromatic N) is 2. The molecule has 3 rings (SSSR count). The molecule has 1 fully saturated rings. The summed E-state index contributed by atoms with van der Waals surface area (Å²) in [5.41, 5.74) is 2.90. The molecule has 0 aromatic heterocycles.